The number of rotatable bonds is 0. The molecule has 1 N–H and O–H groups in total. The molecule has 0 saturated heterocycles. The van der Waals surface area contributed by atoms with E-state index in [4.69, 9.17) is 4.42 Å². The van der Waals surface area contributed by atoms with E-state index in [9.17, 15) is 5.11 Å². The summed E-state index contributed by atoms with van der Waals surface area (Å²) in [5.74, 6) is 0.270. The second-order valence-electron chi connectivity index (χ2n) is 3.78. The van der Waals surface area contributed by atoms with Crippen LogP contribution < -0.4 is 0 Å². The molecule has 0 amide bonds. The predicted molar refractivity (Wildman–Crippen MR) is 60.1 cm³/mol. The summed E-state index contributed by atoms with van der Waals surface area (Å²) < 4.78 is 5.65. The zero-order valence-electron chi connectivity index (χ0n) is 8.90. The van der Waals surface area contributed by atoms with Gasteiger partial charge in [0.2, 0.25) is 0 Å². The van der Waals surface area contributed by atoms with Crippen LogP contribution in [0.2, 0.25) is 0 Å². The summed E-state index contributed by atoms with van der Waals surface area (Å²) >= 11 is 0. The van der Waals surface area contributed by atoms with Crippen LogP contribution in [0.5, 0.6) is 5.75 Å². The van der Waals surface area contributed by atoms with E-state index in [0.29, 0.717) is 0 Å². The SMILES string of the molecule is Cc1ccc2oc3ccc(O)cc3c2c1.[Ac]. The zero-order valence-corrected chi connectivity index (χ0v) is 13.6. The molecule has 0 saturated carbocycles. The molecule has 0 spiro atoms. The first-order valence-electron chi connectivity index (χ1n) is 4.86. The first kappa shape index (κ1) is 12.0. The number of benzene rings is 2. The average molecular weight is 425 g/mol. The number of phenolic OH excluding ortho intramolecular Hbond substituents is 1. The third kappa shape index (κ3) is 1.87. The van der Waals surface area contributed by atoms with Gasteiger partial charge in [-0.05, 0) is 37.3 Å². The molecule has 0 unspecified atom stereocenters. The van der Waals surface area contributed by atoms with Gasteiger partial charge in [0.15, 0.2) is 0 Å². The third-order valence-corrected chi connectivity index (χ3v) is 2.61. The Hall–Kier alpha value is -0.518. The quantitative estimate of drug-likeness (QED) is 0.598. The zero-order chi connectivity index (χ0) is 10.4. The molecule has 3 aromatic rings. The molecule has 77 valence electrons. The summed E-state index contributed by atoms with van der Waals surface area (Å²) in [6, 6.07) is 11.2. The van der Waals surface area contributed by atoms with Gasteiger partial charge >= 0.3 is 0 Å². The fraction of sp³-hybridized carbons (Fsp3) is 0.0769. The largest absolute Gasteiger partial charge is 0.508 e. The number of aromatic hydroxyl groups is 1. The van der Waals surface area contributed by atoms with Crippen LogP contribution in [0.4, 0.5) is 0 Å². The maximum Gasteiger partial charge on any atom is 0.135 e. The van der Waals surface area contributed by atoms with Crippen molar-refractivity contribution >= 4 is 21.9 Å². The van der Waals surface area contributed by atoms with Crippen molar-refractivity contribution in [2.24, 2.45) is 0 Å². The van der Waals surface area contributed by atoms with Crippen LogP contribution in [-0.2, 0) is 0 Å². The molecule has 1 radical (unpaired) electrons. The maximum absolute atomic E-state index is 9.44. The second kappa shape index (κ2) is 4.39. The minimum atomic E-state index is 0. The minimum Gasteiger partial charge on any atom is -0.508 e. The van der Waals surface area contributed by atoms with Crippen molar-refractivity contribution in [2.75, 3.05) is 0 Å². The van der Waals surface area contributed by atoms with Crippen molar-refractivity contribution in [3.63, 3.8) is 0 Å². The second-order valence-corrected chi connectivity index (χ2v) is 3.78. The molecule has 0 aliphatic rings. The Bertz CT molecular complexity index is 599. The molecule has 2 aromatic carbocycles. The van der Waals surface area contributed by atoms with Crippen LogP contribution in [0.3, 0.4) is 0 Å². The number of phenols is 1. The summed E-state index contributed by atoms with van der Waals surface area (Å²) in [5, 5.41) is 11.5. The number of furan rings is 1. The van der Waals surface area contributed by atoms with Crippen LogP contribution in [-0.4, -0.2) is 5.11 Å². The van der Waals surface area contributed by atoms with E-state index in [1.54, 1.807) is 18.2 Å². The molecule has 1 heterocycles. The molecular formula is C13H10AcO2. The molecular weight excluding hydrogens is 415 g/mol. The van der Waals surface area contributed by atoms with E-state index in [0.717, 1.165) is 21.9 Å². The van der Waals surface area contributed by atoms with Crippen molar-refractivity contribution < 1.29 is 53.6 Å². The van der Waals surface area contributed by atoms with E-state index in [-0.39, 0.29) is 49.8 Å². The number of hydrogen-bond acceptors (Lipinski definition) is 2. The number of aryl methyl sites for hydroxylation is 1. The number of hydrogen-bond donors (Lipinski definition) is 1. The molecule has 0 bridgehead atoms. The standard InChI is InChI=1S/C13H10O2.Ac/c1-8-2-4-12-10(6-8)11-7-9(14)3-5-13(11)15-12;/h2-7,14H,1H3;. The fourth-order valence-electron chi connectivity index (χ4n) is 1.88. The van der Waals surface area contributed by atoms with Crippen LogP contribution in [0.1, 0.15) is 5.56 Å². The van der Waals surface area contributed by atoms with Crippen molar-refractivity contribution in [3.8, 4) is 5.75 Å². The van der Waals surface area contributed by atoms with Gasteiger partial charge in [0, 0.05) is 54.8 Å². The van der Waals surface area contributed by atoms with Gasteiger partial charge in [0.25, 0.3) is 0 Å². The van der Waals surface area contributed by atoms with Crippen LogP contribution in [0, 0.1) is 51.0 Å². The summed E-state index contributed by atoms with van der Waals surface area (Å²) in [5.41, 5.74) is 2.86. The van der Waals surface area contributed by atoms with Gasteiger partial charge in [-0.2, -0.15) is 0 Å². The molecule has 3 heteroatoms. The third-order valence-electron chi connectivity index (χ3n) is 2.61. The van der Waals surface area contributed by atoms with E-state index < -0.39 is 0 Å². The van der Waals surface area contributed by atoms with Crippen LogP contribution in [0.25, 0.3) is 21.9 Å². The summed E-state index contributed by atoms with van der Waals surface area (Å²) in [7, 11) is 0. The maximum atomic E-state index is 9.44. The topological polar surface area (TPSA) is 33.4 Å². The average Bonchev–Trinajstić information content (AvgIpc) is 2.56. The monoisotopic (exact) mass is 425 g/mol. The predicted octanol–water partition coefficient (Wildman–Crippen LogP) is 3.60. The first-order valence-corrected chi connectivity index (χ1v) is 4.86. The Kier molecular flexibility index (Phi) is 3.28. The van der Waals surface area contributed by atoms with Crippen molar-refractivity contribution in [1.29, 1.82) is 0 Å². The van der Waals surface area contributed by atoms with E-state index in [1.165, 1.54) is 5.56 Å². The van der Waals surface area contributed by atoms with Crippen LogP contribution >= 0.6 is 0 Å². The van der Waals surface area contributed by atoms with Crippen molar-refractivity contribution in [3.05, 3.63) is 42.0 Å². The first-order chi connectivity index (χ1) is 7.24. The minimum absolute atomic E-state index is 0. The molecule has 1 aromatic heterocycles. The Morgan fingerprint density at radius 2 is 1.56 bits per heavy atom. The number of fused-ring (bicyclic) bond motifs is 3. The van der Waals surface area contributed by atoms with E-state index in [2.05, 4.69) is 6.07 Å². The Balaban J connectivity index is 0.000000963. The fourth-order valence-corrected chi connectivity index (χ4v) is 1.88. The van der Waals surface area contributed by atoms with Crippen LogP contribution in [0.15, 0.2) is 40.8 Å². The Morgan fingerprint density at radius 3 is 2.31 bits per heavy atom. The van der Waals surface area contributed by atoms with Gasteiger partial charge in [-0.25, -0.2) is 0 Å². The van der Waals surface area contributed by atoms with Gasteiger partial charge in [-0.15, -0.1) is 0 Å². The Morgan fingerprint density at radius 1 is 0.938 bits per heavy atom. The summed E-state index contributed by atoms with van der Waals surface area (Å²) in [6.07, 6.45) is 0. The van der Waals surface area contributed by atoms with Gasteiger partial charge < -0.3 is 9.52 Å². The van der Waals surface area contributed by atoms with Gasteiger partial charge in [0.05, 0.1) is 0 Å². The Labute approximate surface area is 129 Å². The molecule has 16 heavy (non-hydrogen) atoms. The smallest absolute Gasteiger partial charge is 0.135 e. The van der Waals surface area contributed by atoms with Crippen molar-refractivity contribution in [2.45, 2.75) is 6.92 Å². The van der Waals surface area contributed by atoms with E-state index in [1.807, 2.05) is 19.1 Å². The normalized spacial score (nSPS) is 10.6. The van der Waals surface area contributed by atoms with E-state index >= 15 is 0 Å². The molecule has 3 rings (SSSR count). The van der Waals surface area contributed by atoms with Gasteiger partial charge in [-0.3, -0.25) is 0 Å². The molecule has 2 nitrogen and oxygen atoms in total. The van der Waals surface area contributed by atoms with Crippen molar-refractivity contribution in [1.82, 2.24) is 0 Å². The molecule has 0 aliphatic heterocycles. The van der Waals surface area contributed by atoms with Gasteiger partial charge in [0.1, 0.15) is 16.9 Å². The molecule has 0 aliphatic carbocycles. The van der Waals surface area contributed by atoms with Gasteiger partial charge in [-0.1, -0.05) is 11.6 Å². The summed E-state index contributed by atoms with van der Waals surface area (Å²) in [4.78, 5) is 0. The summed E-state index contributed by atoms with van der Waals surface area (Å²) in [6.45, 7) is 2.04. The molecule has 0 atom stereocenters. The molecule has 0 fully saturated rings.